The van der Waals surface area contributed by atoms with Crippen LogP contribution in [0, 0.1) is 5.92 Å². The van der Waals surface area contributed by atoms with E-state index in [1.165, 1.54) is 0 Å². The van der Waals surface area contributed by atoms with Crippen molar-refractivity contribution >= 4 is 34.0 Å². The lowest BCUT2D eigenvalue weighted by atomic mass is 10.1. The molecule has 0 spiro atoms. The highest BCUT2D eigenvalue weighted by Crippen LogP contribution is 2.24. The van der Waals surface area contributed by atoms with Crippen LogP contribution in [0.1, 0.15) is 32.3 Å². The SMILES string of the molecule is CC(C)CS(=O)(=O)N1CCC(Nc2ncccc2C2=NC3CC=NC3N=C2)C1. The van der Waals surface area contributed by atoms with E-state index in [0.717, 1.165) is 29.9 Å². The molecule has 0 radical (unpaired) electrons. The van der Waals surface area contributed by atoms with Gasteiger partial charge in [0.05, 0.1) is 17.5 Å². The summed E-state index contributed by atoms with van der Waals surface area (Å²) in [4.78, 5) is 18.1. The molecule has 1 saturated heterocycles. The molecule has 0 aromatic carbocycles. The van der Waals surface area contributed by atoms with Crippen LogP contribution in [0.5, 0.6) is 0 Å². The van der Waals surface area contributed by atoms with Gasteiger partial charge in [0.1, 0.15) is 5.82 Å². The molecule has 3 unspecified atom stereocenters. The number of pyridine rings is 1. The number of rotatable bonds is 6. The second kappa shape index (κ2) is 7.71. The Morgan fingerprint density at radius 1 is 1.32 bits per heavy atom. The summed E-state index contributed by atoms with van der Waals surface area (Å²) in [5.41, 5.74) is 1.68. The second-order valence-electron chi connectivity index (χ2n) is 7.90. The average molecular weight is 403 g/mol. The Kier molecular flexibility index (Phi) is 5.29. The van der Waals surface area contributed by atoms with Crippen molar-refractivity contribution in [3.63, 3.8) is 0 Å². The average Bonchev–Trinajstić information content (AvgIpc) is 3.30. The molecule has 28 heavy (non-hydrogen) atoms. The Morgan fingerprint density at radius 2 is 2.18 bits per heavy atom. The highest BCUT2D eigenvalue weighted by Gasteiger charge is 2.32. The van der Waals surface area contributed by atoms with Crippen LogP contribution in [0.4, 0.5) is 5.82 Å². The van der Waals surface area contributed by atoms with Crippen molar-refractivity contribution in [3.05, 3.63) is 23.9 Å². The number of aliphatic imine (C=N–C) groups is 3. The van der Waals surface area contributed by atoms with Crippen molar-refractivity contribution in [2.45, 2.75) is 44.9 Å². The Hall–Kier alpha value is -2.13. The Bertz CT molecular complexity index is 924. The maximum Gasteiger partial charge on any atom is 0.214 e. The van der Waals surface area contributed by atoms with Crippen LogP contribution in [0.2, 0.25) is 0 Å². The van der Waals surface area contributed by atoms with Gasteiger partial charge in [0.15, 0.2) is 6.17 Å². The van der Waals surface area contributed by atoms with Crippen molar-refractivity contribution in [2.75, 3.05) is 24.2 Å². The quantitative estimate of drug-likeness (QED) is 0.781. The Labute approximate surface area is 165 Å². The van der Waals surface area contributed by atoms with Gasteiger partial charge in [0.25, 0.3) is 0 Å². The summed E-state index contributed by atoms with van der Waals surface area (Å²) in [5.74, 6) is 1.02. The number of sulfonamides is 1. The van der Waals surface area contributed by atoms with E-state index in [0.29, 0.717) is 13.1 Å². The molecule has 3 aliphatic heterocycles. The van der Waals surface area contributed by atoms with Gasteiger partial charge in [-0.05, 0) is 24.5 Å². The highest BCUT2D eigenvalue weighted by molar-refractivity contribution is 7.89. The number of anilines is 1. The van der Waals surface area contributed by atoms with Crippen LogP contribution in [0.25, 0.3) is 0 Å². The molecule has 1 aromatic heterocycles. The molecule has 1 fully saturated rings. The van der Waals surface area contributed by atoms with Gasteiger partial charge in [-0.2, -0.15) is 4.31 Å². The third-order valence-corrected chi connectivity index (χ3v) is 7.32. The Morgan fingerprint density at radius 3 is 3.00 bits per heavy atom. The molecule has 8 nitrogen and oxygen atoms in total. The predicted molar refractivity (Wildman–Crippen MR) is 112 cm³/mol. The smallest absolute Gasteiger partial charge is 0.214 e. The summed E-state index contributed by atoms with van der Waals surface area (Å²) >= 11 is 0. The van der Waals surface area contributed by atoms with Crippen LogP contribution in [-0.2, 0) is 10.0 Å². The third-order valence-electron chi connectivity index (χ3n) is 5.12. The van der Waals surface area contributed by atoms with E-state index in [9.17, 15) is 8.42 Å². The van der Waals surface area contributed by atoms with E-state index >= 15 is 0 Å². The van der Waals surface area contributed by atoms with Crippen LogP contribution < -0.4 is 5.32 Å². The lowest BCUT2D eigenvalue weighted by Crippen LogP contribution is -2.35. The number of nitrogens with one attached hydrogen (secondary N) is 1. The summed E-state index contributed by atoms with van der Waals surface area (Å²) in [5, 5.41) is 3.43. The Balaban J connectivity index is 1.48. The van der Waals surface area contributed by atoms with Gasteiger partial charge in [-0.25, -0.2) is 13.4 Å². The van der Waals surface area contributed by atoms with E-state index in [1.807, 2.05) is 32.2 Å². The molecular weight excluding hydrogens is 376 g/mol. The molecule has 9 heteroatoms. The first-order chi connectivity index (χ1) is 13.4. The fourth-order valence-electron chi connectivity index (χ4n) is 3.80. The van der Waals surface area contributed by atoms with Crippen molar-refractivity contribution in [1.29, 1.82) is 0 Å². The molecule has 0 bridgehead atoms. The van der Waals surface area contributed by atoms with Gasteiger partial charge in [-0.3, -0.25) is 15.0 Å². The minimum Gasteiger partial charge on any atom is -0.365 e. The molecule has 1 aromatic rings. The zero-order valence-corrected chi connectivity index (χ0v) is 17.0. The predicted octanol–water partition coefficient (Wildman–Crippen LogP) is 1.60. The van der Waals surface area contributed by atoms with Crippen molar-refractivity contribution < 1.29 is 8.42 Å². The number of aromatic nitrogens is 1. The molecule has 0 saturated carbocycles. The normalized spacial score (nSPS) is 27.2. The topological polar surface area (TPSA) is 99.4 Å². The van der Waals surface area contributed by atoms with Crippen molar-refractivity contribution in [3.8, 4) is 0 Å². The first kappa shape index (κ1) is 19.2. The summed E-state index contributed by atoms with van der Waals surface area (Å²) in [6.45, 7) is 4.86. The standard InChI is InChI=1S/C19H26N6O2S/c1-13(2)12-28(26,27)25-9-6-14(11-25)23-18-15(4-3-7-20-18)17-10-22-19-16(24-17)5-8-21-19/h3-4,7-8,10,13-14,16,19H,5-6,9,11-12H2,1-2H3,(H,20,23). The van der Waals surface area contributed by atoms with Crippen molar-refractivity contribution in [2.24, 2.45) is 20.9 Å². The first-order valence-electron chi connectivity index (χ1n) is 9.75. The van der Waals surface area contributed by atoms with Crippen LogP contribution in [0.15, 0.2) is 33.3 Å². The molecule has 4 rings (SSSR count). The largest absolute Gasteiger partial charge is 0.365 e. The maximum absolute atomic E-state index is 12.5. The van der Waals surface area contributed by atoms with Crippen LogP contribution >= 0.6 is 0 Å². The molecule has 3 aliphatic rings. The molecule has 150 valence electrons. The lowest BCUT2D eigenvalue weighted by molar-refractivity contribution is 0.467. The highest BCUT2D eigenvalue weighted by atomic mass is 32.2. The summed E-state index contributed by atoms with van der Waals surface area (Å²) in [6, 6.07) is 3.94. The minimum absolute atomic E-state index is 0.0271. The van der Waals surface area contributed by atoms with E-state index < -0.39 is 10.0 Å². The first-order valence-corrected chi connectivity index (χ1v) is 11.4. The van der Waals surface area contributed by atoms with Gasteiger partial charge in [-0.1, -0.05) is 13.8 Å². The number of fused-ring (bicyclic) bond motifs is 1. The monoisotopic (exact) mass is 402 g/mol. The summed E-state index contributed by atoms with van der Waals surface area (Å²) in [7, 11) is -3.21. The molecular formula is C19H26N6O2S. The van der Waals surface area contributed by atoms with E-state index in [2.05, 4.69) is 20.3 Å². The minimum atomic E-state index is -3.21. The number of nitrogens with zero attached hydrogens (tertiary/aromatic N) is 5. The second-order valence-corrected chi connectivity index (χ2v) is 9.91. The maximum atomic E-state index is 12.5. The fraction of sp³-hybridized carbons (Fsp3) is 0.579. The number of hydrogen-bond donors (Lipinski definition) is 1. The molecule has 4 heterocycles. The lowest BCUT2D eigenvalue weighted by Gasteiger charge is -2.21. The van der Waals surface area contributed by atoms with Gasteiger partial charge in [0.2, 0.25) is 10.0 Å². The third kappa shape index (κ3) is 4.00. The zero-order valence-electron chi connectivity index (χ0n) is 16.2. The van der Waals surface area contributed by atoms with E-state index in [1.54, 1.807) is 16.7 Å². The molecule has 3 atom stereocenters. The fourth-order valence-corrected chi connectivity index (χ4v) is 5.64. The van der Waals surface area contributed by atoms with Gasteiger partial charge in [0, 0.05) is 49.7 Å². The van der Waals surface area contributed by atoms with Gasteiger partial charge in [-0.15, -0.1) is 0 Å². The van der Waals surface area contributed by atoms with Crippen LogP contribution in [-0.4, -0.2) is 72.9 Å². The van der Waals surface area contributed by atoms with E-state index in [-0.39, 0.29) is 29.9 Å². The number of hydrogen-bond acceptors (Lipinski definition) is 7. The van der Waals surface area contributed by atoms with Crippen LogP contribution in [0.3, 0.4) is 0 Å². The summed E-state index contributed by atoms with van der Waals surface area (Å²) < 4.78 is 26.6. The molecule has 0 amide bonds. The molecule has 1 N–H and O–H groups in total. The van der Waals surface area contributed by atoms with Crippen molar-refractivity contribution in [1.82, 2.24) is 9.29 Å². The van der Waals surface area contributed by atoms with Gasteiger partial charge >= 0.3 is 0 Å². The summed E-state index contributed by atoms with van der Waals surface area (Å²) in [6.07, 6.45) is 6.85. The zero-order chi connectivity index (χ0) is 19.7. The van der Waals surface area contributed by atoms with Gasteiger partial charge < -0.3 is 5.32 Å². The molecule has 0 aliphatic carbocycles. The van der Waals surface area contributed by atoms with E-state index in [4.69, 9.17) is 4.99 Å².